The normalized spacial score (nSPS) is 17.5. The Morgan fingerprint density at radius 3 is 1.98 bits per heavy atom. The molecule has 1 aliphatic rings. The molecule has 1 aromatic heterocycles. The molecule has 6 amide bonds. The quantitative estimate of drug-likeness (QED) is 0.0658. The number of nitrogens with two attached hydrogens (primary N) is 1. The average molecular weight is 710 g/mol. The van der Waals surface area contributed by atoms with Crippen molar-refractivity contribution in [2.45, 2.75) is 102 Å². The Kier molecular flexibility index (Phi) is 15.3. The topological polar surface area (TPSA) is 332 Å². The minimum Gasteiger partial charge on any atom is -0.481 e. The zero-order valence-electron chi connectivity index (χ0n) is 27.6. The van der Waals surface area contributed by atoms with Gasteiger partial charge in [0.1, 0.15) is 36.3 Å². The molecule has 0 aromatic carbocycles. The number of imidazole rings is 1. The van der Waals surface area contributed by atoms with Gasteiger partial charge in [-0.2, -0.15) is 0 Å². The third kappa shape index (κ3) is 12.5. The van der Waals surface area contributed by atoms with Crippen LogP contribution in [-0.4, -0.2) is 132 Å². The number of nitrogens with one attached hydrogen (secondary N) is 6. The number of hydrogen-bond donors (Lipinski definition) is 10. The third-order valence-electron chi connectivity index (χ3n) is 7.62. The minimum atomic E-state index is -1.67. The highest BCUT2D eigenvalue weighted by Crippen LogP contribution is 2.20. The van der Waals surface area contributed by atoms with E-state index in [1.807, 2.05) is 0 Å². The zero-order chi connectivity index (χ0) is 37.7. The van der Waals surface area contributed by atoms with E-state index in [2.05, 4.69) is 36.6 Å². The number of aromatic nitrogens is 2. The molecule has 0 unspecified atom stereocenters. The summed E-state index contributed by atoms with van der Waals surface area (Å²) >= 11 is 0. The van der Waals surface area contributed by atoms with Gasteiger partial charge in [0.15, 0.2) is 0 Å². The first-order valence-electron chi connectivity index (χ1n) is 15.6. The van der Waals surface area contributed by atoms with Gasteiger partial charge in [0, 0.05) is 31.3 Å². The van der Waals surface area contributed by atoms with Gasteiger partial charge in [-0.25, -0.2) is 9.78 Å². The fourth-order valence-electron chi connectivity index (χ4n) is 4.88. The number of carbonyl (C=O) groups is 9. The molecule has 2 rings (SSSR count). The molecule has 21 nitrogen and oxygen atoms in total. The second-order valence-electron chi connectivity index (χ2n) is 11.8. The van der Waals surface area contributed by atoms with E-state index in [9.17, 15) is 53.4 Å². The van der Waals surface area contributed by atoms with Crippen LogP contribution in [-0.2, 0) is 49.6 Å². The number of amides is 6. The maximum atomic E-state index is 13.6. The number of aromatic amines is 1. The standard InChI is InChI=1S/C29H43N9O12/c1-13(30)23(43)33-14(2)24(44)34-15(3)25(45)37-19(10-22(41)42)28(48)38-8-4-5-20(38)27(47)36-18(9-16-11-31-12-32-16)26(46)35-17(29(49)50)6-7-21(39)40/h11-15,17-20H,4-10,30H2,1-3H3,(H,31,32)(H,33,43)(H,34,44)(H,35,46)(H,36,47)(H,37,45)(H,39,40)(H,41,42)(H,49,50)/t13-,14-,15-,17-,18-,19-,20-/m0/s1. The van der Waals surface area contributed by atoms with Gasteiger partial charge < -0.3 is 57.5 Å². The predicted molar refractivity (Wildman–Crippen MR) is 168 cm³/mol. The summed E-state index contributed by atoms with van der Waals surface area (Å²) in [5.74, 6) is -9.27. The number of H-pyrrole nitrogens is 1. The first-order valence-corrected chi connectivity index (χ1v) is 15.6. The highest BCUT2D eigenvalue weighted by molar-refractivity contribution is 5.98. The van der Waals surface area contributed by atoms with Gasteiger partial charge in [-0.3, -0.25) is 38.4 Å². The molecule has 1 fully saturated rings. The summed E-state index contributed by atoms with van der Waals surface area (Å²) in [4.78, 5) is 119. The number of rotatable bonds is 19. The van der Waals surface area contributed by atoms with Crippen molar-refractivity contribution in [2.24, 2.45) is 5.73 Å². The number of hydrogen-bond acceptors (Lipinski definition) is 11. The van der Waals surface area contributed by atoms with Crippen LogP contribution in [0.25, 0.3) is 0 Å². The van der Waals surface area contributed by atoms with Crippen molar-refractivity contribution in [3.63, 3.8) is 0 Å². The summed E-state index contributed by atoms with van der Waals surface area (Å²) < 4.78 is 0. The molecule has 7 atom stereocenters. The maximum absolute atomic E-state index is 13.6. The lowest BCUT2D eigenvalue weighted by Crippen LogP contribution is -2.59. The number of aliphatic carboxylic acids is 3. The number of likely N-dealkylation sites (tertiary alicyclic amines) is 1. The molecule has 1 saturated heterocycles. The fourth-order valence-corrected chi connectivity index (χ4v) is 4.88. The molecule has 1 aliphatic heterocycles. The van der Waals surface area contributed by atoms with E-state index in [0.29, 0.717) is 12.1 Å². The molecule has 11 N–H and O–H groups in total. The Balaban J connectivity index is 2.19. The fraction of sp³-hybridized carbons (Fsp3) is 0.586. The summed E-state index contributed by atoms with van der Waals surface area (Å²) in [6.07, 6.45) is 0.983. The van der Waals surface area contributed by atoms with Crippen molar-refractivity contribution in [3.05, 3.63) is 18.2 Å². The van der Waals surface area contributed by atoms with Crippen LogP contribution in [0.15, 0.2) is 12.5 Å². The van der Waals surface area contributed by atoms with Crippen LogP contribution in [0.5, 0.6) is 0 Å². The number of carboxylic acid groups (broad SMARTS) is 3. The largest absolute Gasteiger partial charge is 0.481 e. The third-order valence-corrected chi connectivity index (χ3v) is 7.62. The Morgan fingerprint density at radius 1 is 0.840 bits per heavy atom. The van der Waals surface area contributed by atoms with E-state index in [4.69, 9.17) is 10.8 Å². The van der Waals surface area contributed by atoms with Crippen molar-refractivity contribution in [1.82, 2.24) is 41.5 Å². The SMILES string of the molecule is C[C@H](N)C(=O)N[C@@H](C)C(=O)N[C@@H](C)C(=O)N[C@@H](CC(=O)O)C(=O)N1CCC[C@H]1C(=O)N[C@@H](Cc1cnc[nH]1)C(=O)N[C@@H](CCC(=O)O)C(=O)O. The zero-order valence-corrected chi connectivity index (χ0v) is 27.6. The van der Waals surface area contributed by atoms with Crippen LogP contribution in [0.1, 0.15) is 58.6 Å². The van der Waals surface area contributed by atoms with Crippen LogP contribution in [0.4, 0.5) is 0 Å². The summed E-state index contributed by atoms with van der Waals surface area (Å²) in [7, 11) is 0. The van der Waals surface area contributed by atoms with Crippen molar-refractivity contribution < 1.29 is 58.5 Å². The van der Waals surface area contributed by atoms with Gasteiger partial charge in [0.05, 0.1) is 18.8 Å². The van der Waals surface area contributed by atoms with Gasteiger partial charge in [0.25, 0.3) is 0 Å². The molecule has 0 saturated carbocycles. The first-order chi connectivity index (χ1) is 23.4. The highest BCUT2D eigenvalue weighted by Gasteiger charge is 2.40. The summed E-state index contributed by atoms with van der Waals surface area (Å²) in [5, 5.41) is 39.6. The van der Waals surface area contributed by atoms with E-state index in [0.717, 1.165) is 4.90 Å². The molecule has 0 bridgehead atoms. The molecule has 0 aliphatic carbocycles. The van der Waals surface area contributed by atoms with E-state index in [-0.39, 0.29) is 19.4 Å². The van der Waals surface area contributed by atoms with Gasteiger partial charge in [-0.05, 0) is 40.0 Å². The maximum Gasteiger partial charge on any atom is 0.326 e. The molecule has 276 valence electrons. The minimum absolute atomic E-state index is 0.0142. The van der Waals surface area contributed by atoms with E-state index < -0.39 is 115 Å². The lowest BCUT2D eigenvalue weighted by Gasteiger charge is -2.30. The monoisotopic (exact) mass is 709 g/mol. The van der Waals surface area contributed by atoms with Gasteiger partial charge in [0.2, 0.25) is 35.4 Å². The van der Waals surface area contributed by atoms with Crippen LogP contribution >= 0.6 is 0 Å². The smallest absolute Gasteiger partial charge is 0.326 e. The first kappa shape index (κ1) is 40.6. The van der Waals surface area contributed by atoms with Gasteiger partial charge >= 0.3 is 17.9 Å². The highest BCUT2D eigenvalue weighted by atomic mass is 16.4. The van der Waals surface area contributed by atoms with Crippen LogP contribution in [0, 0.1) is 0 Å². The predicted octanol–water partition coefficient (Wildman–Crippen LogP) is -3.82. The molecular weight excluding hydrogens is 666 g/mol. The van der Waals surface area contributed by atoms with Crippen molar-refractivity contribution in [2.75, 3.05) is 6.54 Å². The Hall–Kier alpha value is -5.60. The van der Waals surface area contributed by atoms with Crippen LogP contribution in [0.2, 0.25) is 0 Å². The Morgan fingerprint density at radius 2 is 1.44 bits per heavy atom. The summed E-state index contributed by atoms with van der Waals surface area (Å²) in [5.41, 5.74) is 5.85. The molecule has 50 heavy (non-hydrogen) atoms. The molecule has 1 aromatic rings. The average Bonchev–Trinajstić information content (AvgIpc) is 3.74. The molecule has 21 heteroatoms. The second-order valence-corrected chi connectivity index (χ2v) is 11.8. The van der Waals surface area contributed by atoms with Gasteiger partial charge in [-0.15, -0.1) is 0 Å². The molecule has 0 radical (unpaired) electrons. The summed E-state index contributed by atoms with van der Waals surface area (Å²) in [6.45, 7) is 4.01. The summed E-state index contributed by atoms with van der Waals surface area (Å²) in [6, 6.07) is -9.16. The van der Waals surface area contributed by atoms with Crippen LogP contribution < -0.4 is 32.3 Å². The van der Waals surface area contributed by atoms with E-state index in [1.54, 1.807) is 0 Å². The van der Waals surface area contributed by atoms with E-state index >= 15 is 0 Å². The lowest BCUT2D eigenvalue weighted by molar-refractivity contribution is -0.146. The lowest BCUT2D eigenvalue weighted by atomic mass is 10.1. The van der Waals surface area contributed by atoms with Crippen LogP contribution in [0.3, 0.4) is 0 Å². The second kappa shape index (κ2) is 18.8. The number of carbonyl (C=O) groups excluding carboxylic acids is 6. The Bertz CT molecular complexity index is 1430. The number of carboxylic acids is 3. The van der Waals surface area contributed by atoms with Crippen molar-refractivity contribution >= 4 is 53.4 Å². The molecule has 0 spiro atoms. The Labute approximate surface area is 285 Å². The molecular formula is C29H43N9O12. The van der Waals surface area contributed by atoms with Crippen molar-refractivity contribution in [3.8, 4) is 0 Å². The van der Waals surface area contributed by atoms with Crippen molar-refractivity contribution in [1.29, 1.82) is 0 Å². The van der Waals surface area contributed by atoms with Gasteiger partial charge in [-0.1, -0.05) is 0 Å². The number of nitrogens with zero attached hydrogens (tertiary/aromatic N) is 2. The van der Waals surface area contributed by atoms with E-state index in [1.165, 1.54) is 33.3 Å². The molecule has 2 heterocycles.